The van der Waals surface area contributed by atoms with Crippen molar-refractivity contribution < 1.29 is 9.53 Å². The van der Waals surface area contributed by atoms with Gasteiger partial charge in [0.1, 0.15) is 5.75 Å². The van der Waals surface area contributed by atoms with Crippen LogP contribution in [-0.2, 0) is 6.54 Å². The quantitative estimate of drug-likeness (QED) is 0.462. The monoisotopic (exact) mass is 336 g/mol. The van der Waals surface area contributed by atoms with E-state index in [1.807, 2.05) is 28.8 Å². The number of fused-ring (bicyclic) bond motifs is 1. The molecule has 1 heterocycles. The first-order valence-corrected chi connectivity index (χ1v) is 8.74. The topological polar surface area (TPSA) is 44.1 Å². The summed E-state index contributed by atoms with van der Waals surface area (Å²) in [5.41, 5.74) is 4.27. The van der Waals surface area contributed by atoms with E-state index in [9.17, 15) is 4.79 Å². The van der Waals surface area contributed by atoms with Gasteiger partial charge in [-0.2, -0.15) is 0 Å². The molecule has 0 amide bonds. The predicted octanol–water partition coefficient (Wildman–Crippen LogP) is 4.75. The van der Waals surface area contributed by atoms with Gasteiger partial charge in [0.15, 0.2) is 12.1 Å². The van der Waals surface area contributed by atoms with Crippen LogP contribution >= 0.6 is 0 Å². The normalized spacial score (nSPS) is 11.2. The number of hydrogen-bond donors (Lipinski definition) is 0. The molecule has 25 heavy (non-hydrogen) atoms. The number of para-hydroxylation sites is 2. The molecular weight excluding hydrogens is 312 g/mol. The van der Waals surface area contributed by atoms with Crippen LogP contribution in [0.2, 0.25) is 0 Å². The van der Waals surface area contributed by atoms with Crippen molar-refractivity contribution in [2.45, 2.75) is 39.7 Å². The van der Waals surface area contributed by atoms with E-state index in [2.05, 4.69) is 44.0 Å². The molecule has 0 radical (unpaired) electrons. The molecule has 0 saturated heterocycles. The minimum atomic E-state index is 0.426. The SMILES string of the molecule is Cc1ccc(C(C)C)c(OCCCn2c(C=O)nc3ccccc32)c1. The fourth-order valence-corrected chi connectivity index (χ4v) is 3.07. The average Bonchev–Trinajstić information content (AvgIpc) is 2.96. The van der Waals surface area contributed by atoms with E-state index < -0.39 is 0 Å². The molecule has 0 atom stereocenters. The van der Waals surface area contributed by atoms with Crippen molar-refractivity contribution in [2.24, 2.45) is 0 Å². The number of hydrogen-bond acceptors (Lipinski definition) is 3. The lowest BCUT2D eigenvalue weighted by Crippen LogP contribution is -2.08. The van der Waals surface area contributed by atoms with Crippen LogP contribution in [0.1, 0.15) is 47.9 Å². The molecule has 4 nitrogen and oxygen atoms in total. The molecule has 0 fully saturated rings. The lowest BCUT2D eigenvalue weighted by atomic mass is 10.0. The summed E-state index contributed by atoms with van der Waals surface area (Å²) in [7, 11) is 0. The number of imidazole rings is 1. The predicted molar refractivity (Wildman–Crippen MR) is 101 cm³/mol. The molecule has 130 valence electrons. The maximum absolute atomic E-state index is 11.3. The Bertz CT molecular complexity index is 881. The Hall–Kier alpha value is -2.62. The minimum Gasteiger partial charge on any atom is -0.493 e. The maximum atomic E-state index is 11.3. The molecule has 2 aromatic carbocycles. The van der Waals surface area contributed by atoms with Crippen molar-refractivity contribution in [1.82, 2.24) is 9.55 Å². The summed E-state index contributed by atoms with van der Waals surface area (Å²) < 4.78 is 8.00. The zero-order valence-electron chi connectivity index (χ0n) is 15.0. The highest BCUT2D eigenvalue weighted by Crippen LogP contribution is 2.27. The number of ether oxygens (including phenoxy) is 1. The fraction of sp³-hybridized carbons (Fsp3) is 0.333. The number of carbonyl (C=O) groups is 1. The molecule has 4 heteroatoms. The Morgan fingerprint density at radius 1 is 1.20 bits per heavy atom. The first-order valence-electron chi connectivity index (χ1n) is 8.74. The van der Waals surface area contributed by atoms with Crippen molar-refractivity contribution in [3.8, 4) is 5.75 Å². The summed E-state index contributed by atoms with van der Waals surface area (Å²) in [4.78, 5) is 15.7. The molecule has 3 rings (SSSR count). The van der Waals surface area contributed by atoms with E-state index in [1.165, 1.54) is 11.1 Å². The van der Waals surface area contributed by atoms with Gasteiger partial charge in [0, 0.05) is 6.54 Å². The summed E-state index contributed by atoms with van der Waals surface area (Å²) in [5, 5.41) is 0. The third-order valence-electron chi connectivity index (χ3n) is 4.36. The zero-order valence-corrected chi connectivity index (χ0v) is 15.0. The van der Waals surface area contributed by atoms with Gasteiger partial charge < -0.3 is 9.30 Å². The minimum absolute atomic E-state index is 0.426. The van der Waals surface area contributed by atoms with E-state index in [1.54, 1.807) is 0 Å². The lowest BCUT2D eigenvalue weighted by molar-refractivity contribution is 0.111. The van der Waals surface area contributed by atoms with Crippen molar-refractivity contribution in [1.29, 1.82) is 0 Å². The molecule has 0 N–H and O–H groups in total. The third kappa shape index (κ3) is 3.73. The number of aryl methyl sites for hydroxylation is 2. The van der Waals surface area contributed by atoms with Gasteiger partial charge in [-0.1, -0.05) is 38.1 Å². The van der Waals surface area contributed by atoms with Gasteiger partial charge in [-0.15, -0.1) is 0 Å². The van der Waals surface area contributed by atoms with Crippen LogP contribution in [0.3, 0.4) is 0 Å². The number of rotatable bonds is 7. The van der Waals surface area contributed by atoms with Gasteiger partial charge >= 0.3 is 0 Å². The number of benzene rings is 2. The van der Waals surface area contributed by atoms with E-state index in [-0.39, 0.29) is 0 Å². The van der Waals surface area contributed by atoms with Crippen LogP contribution in [0, 0.1) is 6.92 Å². The summed E-state index contributed by atoms with van der Waals surface area (Å²) in [6, 6.07) is 14.2. The summed E-state index contributed by atoms with van der Waals surface area (Å²) in [6.07, 6.45) is 1.63. The van der Waals surface area contributed by atoms with Crippen LogP contribution in [-0.4, -0.2) is 22.4 Å². The third-order valence-corrected chi connectivity index (χ3v) is 4.36. The van der Waals surface area contributed by atoms with Gasteiger partial charge in [0.25, 0.3) is 0 Å². The summed E-state index contributed by atoms with van der Waals surface area (Å²) in [5.74, 6) is 1.86. The standard InChI is InChI=1S/C21H24N2O2/c1-15(2)17-10-9-16(3)13-20(17)25-12-6-11-23-19-8-5-4-7-18(19)22-21(23)14-24/h4-5,7-10,13-15H,6,11-12H2,1-3H3. The smallest absolute Gasteiger partial charge is 0.185 e. The van der Waals surface area contributed by atoms with Crippen LogP contribution < -0.4 is 4.74 Å². The summed E-state index contributed by atoms with van der Waals surface area (Å²) >= 11 is 0. The average molecular weight is 336 g/mol. The molecule has 0 bridgehead atoms. The van der Waals surface area contributed by atoms with E-state index in [0.717, 1.165) is 29.5 Å². The fourth-order valence-electron chi connectivity index (χ4n) is 3.07. The number of nitrogens with zero attached hydrogens (tertiary/aromatic N) is 2. The van der Waals surface area contributed by atoms with Crippen LogP contribution in [0.15, 0.2) is 42.5 Å². The molecule has 0 spiro atoms. The molecule has 0 saturated carbocycles. The Labute approximate surface area is 148 Å². The Morgan fingerprint density at radius 3 is 2.76 bits per heavy atom. The number of aldehydes is 1. The second kappa shape index (κ2) is 7.51. The molecule has 0 unspecified atom stereocenters. The van der Waals surface area contributed by atoms with Gasteiger partial charge in [-0.3, -0.25) is 4.79 Å². The van der Waals surface area contributed by atoms with E-state index in [0.29, 0.717) is 24.9 Å². The highest BCUT2D eigenvalue weighted by atomic mass is 16.5. The molecule has 0 aliphatic carbocycles. The molecule has 1 aromatic heterocycles. The highest BCUT2D eigenvalue weighted by Gasteiger charge is 2.10. The van der Waals surface area contributed by atoms with Gasteiger partial charge in [0.05, 0.1) is 17.6 Å². The first-order chi connectivity index (χ1) is 12.1. The number of carbonyl (C=O) groups excluding carboxylic acids is 1. The van der Waals surface area contributed by atoms with Crippen LogP contribution in [0.4, 0.5) is 0 Å². The van der Waals surface area contributed by atoms with Crippen molar-refractivity contribution in [3.63, 3.8) is 0 Å². The Kier molecular flexibility index (Phi) is 5.17. The maximum Gasteiger partial charge on any atom is 0.185 e. The Balaban J connectivity index is 1.69. The van der Waals surface area contributed by atoms with Crippen LogP contribution in [0.5, 0.6) is 5.75 Å². The number of aromatic nitrogens is 2. The van der Waals surface area contributed by atoms with Crippen molar-refractivity contribution in [2.75, 3.05) is 6.61 Å². The Morgan fingerprint density at radius 2 is 2.00 bits per heavy atom. The second-order valence-electron chi connectivity index (χ2n) is 6.63. The second-order valence-corrected chi connectivity index (χ2v) is 6.63. The molecule has 3 aromatic rings. The summed E-state index contributed by atoms with van der Waals surface area (Å²) in [6.45, 7) is 7.73. The molecule has 0 aliphatic heterocycles. The molecular formula is C21H24N2O2. The van der Waals surface area contributed by atoms with E-state index in [4.69, 9.17) is 4.74 Å². The first kappa shape index (κ1) is 17.2. The van der Waals surface area contributed by atoms with E-state index >= 15 is 0 Å². The lowest BCUT2D eigenvalue weighted by Gasteiger charge is -2.15. The van der Waals surface area contributed by atoms with Crippen molar-refractivity contribution >= 4 is 17.3 Å². The van der Waals surface area contributed by atoms with Crippen LogP contribution in [0.25, 0.3) is 11.0 Å². The largest absolute Gasteiger partial charge is 0.493 e. The van der Waals surface area contributed by atoms with Gasteiger partial charge in [0.2, 0.25) is 0 Å². The highest BCUT2D eigenvalue weighted by molar-refractivity contribution is 5.82. The molecule has 0 aliphatic rings. The van der Waals surface area contributed by atoms with Crippen molar-refractivity contribution in [3.05, 3.63) is 59.4 Å². The zero-order chi connectivity index (χ0) is 17.8. The van der Waals surface area contributed by atoms with Gasteiger partial charge in [-0.05, 0) is 48.6 Å². The van der Waals surface area contributed by atoms with Gasteiger partial charge in [-0.25, -0.2) is 4.98 Å².